The third kappa shape index (κ3) is 4.57. The molecule has 4 nitrogen and oxygen atoms in total. The summed E-state index contributed by atoms with van der Waals surface area (Å²) in [5, 5.41) is 9.64. The first-order valence-corrected chi connectivity index (χ1v) is 8.45. The van der Waals surface area contributed by atoms with Crippen LogP contribution in [0.25, 0.3) is 0 Å². The molecule has 1 N–H and O–H groups in total. The lowest BCUT2D eigenvalue weighted by Gasteiger charge is -2.37. The minimum Gasteiger partial charge on any atom is -0.496 e. The molecule has 3 rings (SSSR count). The van der Waals surface area contributed by atoms with E-state index in [0.29, 0.717) is 17.9 Å². The van der Waals surface area contributed by atoms with Crippen LogP contribution in [0.3, 0.4) is 0 Å². The molecule has 0 aromatic heterocycles. The second-order valence-corrected chi connectivity index (χ2v) is 6.21. The number of aliphatic hydroxyl groups is 1. The van der Waals surface area contributed by atoms with Crippen molar-refractivity contribution in [2.75, 3.05) is 13.7 Å². The number of halogens is 1. The van der Waals surface area contributed by atoms with Gasteiger partial charge in [0.05, 0.1) is 32.5 Å². The monoisotopic (exact) mass is 346 g/mol. The van der Waals surface area contributed by atoms with Crippen LogP contribution in [0.2, 0.25) is 0 Å². The first-order valence-electron chi connectivity index (χ1n) is 8.45. The van der Waals surface area contributed by atoms with Gasteiger partial charge in [-0.1, -0.05) is 30.3 Å². The van der Waals surface area contributed by atoms with Gasteiger partial charge in [0, 0.05) is 18.4 Å². The van der Waals surface area contributed by atoms with Gasteiger partial charge in [-0.25, -0.2) is 4.39 Å². The maximum atomic E-state index is 13.5. The molecular weight excluding hydrogens is 323 g/mol. The second kappa shape index (κ2) is 8.43. The Hall–Kier alpha value is -1.95. The maximum Gasteiger partial charge on any atom is 0.124 e. The summed E-state index contributed by atoms with van der Waals surface area (Å²) >= 11 is 0. The van der Waals surface area contributed by atoms with Gasteiger partial charge in [-0.05, 0) is 23.8 Å². The maximum absolute atomic E-state index is 13.5. The Bertz CT molecular complexity index is 671. The van der Waals surface area contributed by atoms with Crippen LogP contribution in [0.5, 0.6) is 5.75 Å². The van der Waals surface area contributed by atoms with E-state index in [1.165, 1.54) is 19.2 Å². The molecule has 1 aliphatic carbocycles. The fourth-order valence-corrected chi connectivity index (χ4v) is 2.96. The smallest absolute Gasteiger partial charge is 0.124 e. The fraction of sp³-hybridized carbons (Fsp3) is 0.400. The number of hydrogen-bond acceptors (Lipinski definition) is 4. The molecule has 0 aliphatic heterocycles. The minimum atomic E-state index is -0.606. The van der Waals surface area contributed by atoms with Crippen molar-refractivity contribution < 1.29 is 23.7 Å². The summed E-state index contributed by atoms with van der Waals surface area (Å²) < 4.78 is 30.5. The molecule has 134 valence electrons. The Morgan fingerprint density at radius 1 is 1.12 bits per heavy atom. The van der Waals surface area contributed by atoms with Crippen LogP contribution in [0, 0.1) is 5.82 Å². The van der Waals surface area contributed by atoms with E-state index < -0.39 is 6.10 Å². The first-order chi connectivity index (χ1) is 12.2. The van der Waals surface area contributed by atoms with Crippen molar-refractivity contribution in [3.8, 4) is 5.75 Å². The van der Waals surface area contributed by atoms with Crippen molar-refractivity contribution >= 4 is 0 Å². The highest BCUT2D eigenvalue weighted by Crippen LogP contribution is 2.35. The molecule has 0 amide bonds. The van der Waals surface area contributed by atoms with E-state index in [-0.39, 0.29) is 24.6 Å². The van der Waals surface area contributed by atoms with E-state index in [1.807, 2.05) is 30.3 Å². The number of methoxy groups -OCH3 is 1. The summed E-state index contributed by atoms with van der Waals surface area (Å²) in [5.74, 6) is 0.132. The molecule has 0 radical (unpaired) electrons. The van der Waals surface area contributed by atoms with Crippen LogP contribution in [0.4, 0.5) is 4.39 Å². The van der Waals surface area contributed by atoms with E-state index in [2.05, 4.69) is 0 Å². The molecule has 1 fully saturated rings. The van der Waals surface area contributed by atoms with Crippen molar-refractivity contribution in [3.63, 3.8) is 0 Å². The van der Waals surface area contributed by atoms with Crippen LogP contribution in [-0.2, 0) is 16.1 Å². The third-order valence-electron chi connectivity index (χ3n) is 4.44. The number of aliphatic hydroxyl groups excluding tert-OH is 1. The predicted molar refractivity (Wildman–Crippen MR) is 91.9 cm³/mol. The van der Waals surface area contributed by atoms with Gasteiger partial charge in [0.2, 0.25) is 0 Å². The van der Waals surface area contributed by atoms with E-state index in [0.717, 1.165) is 18.4 Å². The van der Waals surface area contributed by atoms with Crippen LogP contribution in [0.15, 0.2) is 48.5 Å². The normalized spacial score (nSPS) is 20.8. The summed E-state index contributed by atoms with van der Waals surface area (Å²) in [6.45, 7) is 0.352. The Morgan fingerprint density at radius 3 is 2.56 bits per heavy atom. The summed E-state index contributed by atoms with van der Waals surface area (Å²) in [7, 11) is 1.52. The van der Waals surface area contributed by atoms with E-state index in [4.69, 9.17) is 14.2 Å². The van der Waals surface area contributed by atoms with E-state index in [1.54, 1.807) is 6.07 Å². The summed E-state index contributed by atoms with van der Waals surface area (Å²) in [6, 6.07) is 14.2. The number of hydrogen-bond donors (Lipinski definition) is 1. The number of benzene rings is 2. The molecule has 2 aromatic rings. The molecule has 5 heteroatoms. The topological polar surface area (TPSA) is 47.9 Å². The molecule has 0 spiro atoms. The van der Waals surface area contributed by atoms with Crippen molar-refractivity contribution in [3.05, 3.63) is 65.5 Å². The van der Waals surface area contributed by atoms with Gasteiger partial charge in [-0.3, -0.25) is 0 Å². The third-order valence-corrected chi connectivity index (χ3v) is 4.44. The van der Waals surface area contributed by atoms with Crippen molar-refractivity contribution in [2.45, 2.75) is 37.8 Å². The van der Waals surface area contributed by atoms with Crippen LogP contribution in [0.1, 0.15) is 30.1 Å². The van der Waals surface area contributed by atoms with Crippen molar-refractivity contribution in [1.82, 2.24) is 0 Å². The van der Waals surface area contributed by atoms with Gasteiger partial charge in [-0.15, -0.1) is 0 Å². The average Bonchev–Trinajstić information content (AvgIpc) is 2.61. The average molecular weight is 346 g/mol. The van der Waals surface area contributed by atoms with E-state index >= 15 is 0 Å². The molecule has 0 bridgehead atoms. The summed E-state index contributed by atoms with van der Waals surface area (Å²) in [4.78, 5) is 0. The molecule has 1 aliphatic rings. The quantitative estimate of drug-likeness (QED) is 0.793. The lowest BCUT2D eigenvalue weighted by atomic mass is 9.91. The van der Waals surface area contributed by atoms with Gasteiger partial charge in [0.25, 0.3) is 0 Å². The highest BCUT2D eigenvalue weighted by Gasteiger charge is 2.33. The predicted octanol–water partition coefficient (Wildman–Crippen LogP) is 3.63. The largest absolute Gasteiger partial charge is 0.496 e. The Morgan fingerprint density at radius 2 is 1.88 bits per heavy atom. The Balaban J connectivity index is 1.50. The van der Waals surface area contributed by atoms with Crippen molar-refractivity contribution in [2.24, 2.45) is 0 Å². The molecule has 0 heterocycles. The van der Waals surface area contributed by atoms with Gasteiger partial charge in [0.15, 0.2) is 0 Å². The van der Waals surface area contributed by atoms with Crippen LogP contribution in [-0.4, -0.2) is 31.0 Å². The standard InChI is InChI=1S/C20H23FO4/c1-23-19-8-7-15(21)9-18(19)20(12-22)25-17-10-16(11-17)24-13-14-5-3-2-4-6-14/h2-9,16-17,20,22H,10-13H2,1H3. The molecule has 2 aromatic carbocycles. The summed E-state index contributed by atoms with van der Waals surface area (Å²) in [6.07, 6.45) is 1.07. The lowest BCUT2D eigenvalue weighted by molar-refractivity contribution is -0.139. The highest BCUT2D eigenvalue weighted by molar-refractivity contribution is 5.36. The van der Waals surface area contributed by atoms with Gasteiger partial charge >= 0.3 is 0 Å². The van der Waals surface area contributed by atoms with E-state index in [9.17, 15) is 9.50 Å². The molecule has 1 saturated carbocycles. The first kappa shape index (κ1) is 17.9. The zero-order valence-electron chi connectivity index (χ0n) is 14.2. The molecule has 25 heavy (non-hydrogen) atoms. The van der Waals surface area contributed by atoms with Crippen molar-refractivity contribution in [1.29, 1.82) is 0 Å². The molecule has 0 saturated heterocycles. The van der Waals surface area contributed by atoms with Gasteiger partial charge in [0.1, 0.15) is 17.7 Å². The number of ether oxygens (including phenoxy) is 3. The molecule has 1 atom stereocenters. The highest BCUT2D eigenvalue weighted by atomic mass is 19.1. The molecular formula is C20H23FO4. The van der Waals surface area contributed by atoms with Crippen LogP contribution < -0.4 is 4.74 Å². The lowest BCUT2D eigenvalue weighted by Crippen LogP contribution is -2.38. The van der Waals surface area contributed by atoms with Crippen LogP contribution >= 0.6 is 0 Å². The summed E-state index contributed by atoms with van der Waals surface area (Å²) in [5.41, 5.74) is 1.67. The Labute approximate surface area is 147 Å². The Kier molecular flexibility index (Phi) is 6.02. The number of rotatable bonds is 8. The second-order valence-electron chi connectivity index (χ2n) is 6.21. The SMILES string of the molecule is COc1ccc(F)cc1C(CO)OC1CC(OCc2ccccc2)C1. The minimum absolute atomic E-state index is 0.00843. The van der Waals surface area contributed by atoms with Gasteiger partial charge < -0.3 is 19.3 Å². The zero-order valence-corrected chi connectivity index (χ0v) is 14.2. The fourth-order valence-electron chi connectivity index (χ4n) is 2.96. The zero-order chi connectivity index (χ0) is 17.6. The molecule has 1 unspecified atom stereocenters. The van der Waals surface area contributed by atoms with Gasteiger partial charge in [-0.2, -0.15) is 0 Å².